The number of piperazine rings is 1. The molecule has 0 unspecified atom stereocenters. The number of rotatable bonds is 6. The molecule has 6 nitrogen and oxygen atoms in total. The number of sulfone groups is 1. The van der Waals surface area contributed by atoms with Gasteiger partial charge >= 0.3 is 0 Å². The van der Waals surface area contributed by atoms with Crippen LogP contribution in [0, 0.1) is 0 Å². The molecule has 2 heterocycles. The van der Waals surface area contributed by atoms with Crippen LogP contribution < -0.4 is 4.90 Å². The average molecular weight is 508 g/mol. The van der Waals surface area contributed by atoms with E-state index in [1.165, 1.54) is 0 Å². The maximum absolute atomic E-state index is 12.5. The molecular formula is C21H22BrN3O3S2. The lowest BCUT2D eigenvalue weighted by atomic mass is 10.2. The smallest absolute Gasteiger partial charge is 0.223 e. The molecule has 30 heavy (non-hydrogen) atoms. The van der Waals surface area contributed by atoms with Crippen molar-refractivity contribution in [2.75, 3.05) is 36.8 Å². The summed E-state index contributed by atoms with van der Waals surface area (Å²) in [5.41, 5.74) is 1.72. The number of nitrogens with zero attached hydrogens (tertiary/aromatic N) is 3. The lowest BCUT2D eigenvalue weighted by molar-refractivity contribution is -0.131. The van der Waals surface area contributed by atoms with Gasteiger partial charge in [0.1, 0.15) is 0 Å². The van der Waals surface area contributed by atoms with Crippen LogP contribution in [0.3, 0.4) is 0 Å². The number of carbonyl (C=O) groups is 1. The van der Waals surface area contributed by atoms with Crippen molar-refractivity contribution in [3.63, 3.8) is 0 Å². The van der Waals surface area contributed by atoms with E-state index in [4.69, 9.17) is 4.98 Å². The van der Waals surface area contributed by atoms with E-state index in [-0.39, 0.29) is 23.8 Å². The highest BCUT2D eigenvalue weighted by molar-refractivity contribution is 9.10. The van der Waals surface area contributed by atoms with Crippen molar-refractivity contribution in [3.05, 3.63) is 58.6 Å². The van der Waals surface area contributed by atoms with Gasteiger partial charge in [-0.1, -0.05) is 57.6 Å². The minimum Gasteiger partial charge on any atom is -0.345 e. The maximum Gasteiger partial charge on any atom is 0.223 e. The van der Waals surface area contributed by atoms with Crippen LogP contribution in [0.15, 0.2) is 53.0 Å². The zero-order valence-corrected chi connectivity index (χ0v) is 19.5. The van der Waals surface area contributed by atoms with Crippen molar-refractivity contribution >= 4 is 58.4 Å². The summed E-state index contributed by atoms with van der Waals surface area (Å²) in [6, 6.07) is 15.1. The van der Waals surface area contributed by atoms with Gasteiger partial charge in [0.25, 0.3) is 0 Å². The lowest BCUT2D eigenvalue weighted by Gasteiger charge is -2.34. The van der Waals surface area contributed by atoms with Crippen LogP contribution in [-0.2, 0) is 20.4 Å². The van der Waals surface area contributed by atoms with Crippen LogP contribution in [0.4, 0.5) is 5.13 Å². The number of halogens is 1. The Morgan fingerprint density at radius 2 is 1.80 bits per heavy atom. The van der Waals surface area contributed by atoms with Crippen LogP contribution in [-0.4, -0.2) is 56.1 Å². The standard InChI is InChI=1S/C21H22BrN3O3S2/c22-17-6-7-18-19(14-17)29-21(23-18)25-11-9-24(10-12-25)20(26)8-13-30(27,28)15-16-4-2-1-3-5-16/h1-7,14H,8-13,15H2. The molecule has 9 heteroatoms. The molecule has 1 aliphatic rings. The fourth-order valence-electron chi connectivity index (χ4n) is 3.47. The molecule has 0 aliphatic carbocycles. The summed E-state index contributed by atoms with van der Waals surface area (Å²) in [6.07, 6.45) is 0.0321. The van der Waals surface area contributed by atoms with Crippen LogP contribution in [0.1, 0.15) is 12.0 Å². The highest BCUT2D eigenvalue weighted by Gasteiger charge is 2.24. The second-order valence-corrected chi connectivity index (χ2v) is 11.4. The van der Waals surface area contributed by atoms with E-state index in [0.29, 0.717) is 26.2 Å². The van der Waals surface area contributed by atoms with E-state index in [9.17, 15) is 13.2 Å². The first-order valence-electron chi connectivity index (χ1n) is 9.73. The van der Waals surface area contributed by atoms with Gasteiger partial charge < -0.3 is 9.80 Å². The van der Waals surface area contributed by atoms with E-state index in [0.717, 1.165) is 25.4 Å². The molecule has 1 saturated heterocycles. The van der Waals surface area contributed by atoms with Crippen LogP contribution >= 0.6 is 27.3 Å². The highest BCUT2D eigenvalue weighted by atomic mass is 79.9. The molecule has 0 saturated carbocycles. The van der Waals surface area contributed by atoms with Crippen LogP contribution in [0.2, 0.25) is 0 Å². The second kappa shape index (κ2) is 9.03. The molecule has 2 aromatic carbocycles. The Balaban J connectivity index is 1.29. The Hall–Kier alpha value is -1.97. The number of thiazole rings is 1. The van der Waals surface area contributed by atoms with E-state index in [1.54, 1.807) is 28.4 Å². The largest absolute Gasteiger partial charge is 0.345 e. The third-order valence-electron chi connectivity index (χ3n) is 5.10. The summed E-state index contributed by atoms with van der Waals surface area (Å²) < 4.78 is 26.8. The molecule has 1 amide bonds. The van der Waals surface area contributed by atoms with E-state index in [1.807, 2.05) is 30.3 Å². The number of aromatic nitrogens is 1. The average Bonchev–Trinajstić information content (AvgIpc) is 3.16. The topological polar surface area (TPSA) is 70.6 Å². The van der Waals surface area contributed by atoms with Gasteiger partial charge in [0.15, 0.2) is 15.0 Å². The predicted octanol–water partition coefficient (Wildman–Crippen LogP) is 3.71. The molecular weight excluding hydrogens is 486 g/mol. The van der Waals surface area contributed by atoms with E-state index in [2.05, 4.69) is 26.9 Å². The predicted molar refractivity (Wildman–Crippen MR) is 125 cm³/mol. The summed E-state index contributed by atoms with van der Waals surface area (Å²) in [6.45, 7) is 2.56. The number of hydrogen-bond acceptors (Lipinski definition) is 6. The Morgan fingerprint density at radius 1 is 1.07 bits per heavy atom. The van der Waals surface area contributed by atoms with E-state index < -0.39 is 9.84 Å². The van der Waals surface area contributed by atoms with E-state index >= 15 is 0 Å². The Kier molecular flexibility index (Phi) is 6.40. The molecule has 0 N–H and O–H groups in total. The van der Waals surface area contributed by atoms with Crippen LogP contribution in [0.25, 0.3) is 10.2 Å². The molecule has 0 radical (unpaired) electrons. The number of anilines is 1. The van der Waals surface area contributed by atoms with Crippen LogP contribution in [0.5, 0.6) is 0 Å². The SMILES string of the molecule is O=C(CCS(=O)(=O)Cc1ccccc1)N1CCN(c2nc3ccc(Br)cc3s2)CC1. The van der Waals surface area contributed by atoms with Gasteiger partial charge in [-0.15, -0.1) is 0 Å². The van der Waals surface area contributed by atoms with Gasteiger partial charge in [-0.2, -0.15) is 0 Å². The fourth-order valence-corrected chi connectivity index (χ4v) is 6.37. The molecule has 1 aromatic heterocycles. The Labute approximate surface area is 188 Å². The zero-order chi connectivity index (χ0) is 21.1. The summed E-state index contributed by atoms with van der Waals surface area (Å²) in [4.78, 5) is 21.2. The normalized spacial score (nSPS) is 15.0. The lowest BCUT2D eigenvalue weighted by Crippen LogP contribution is -2.49. The number of fused-ring (bicyclic) bond motifs is 1. The van der Waals surface area contributed by atoms with Crippen molar-refractivity contribution in [2.45, 2.75) is 12.2 Å². The number of amides is 1. The summed E-state index contributed by atoms with van der Waals surface area (Å²) >= 11 is 5.13. The summed E-state index contributed by atoms with van der Waals surface area (Å²) in [5.74, 6) is -0.240. The molecule has 0 atom stereocenters. The first-order chi connectivity index (χ1) is 14.4. The summed E-state index contributed by atoms with van der Waals surface area (Å²) in [5, 5.41) is 0.959. The molecule has 158 valence electrons. The molecule has 0 spiro atoms. The van der Waals surface area contributed by atoms with Gasteiger partial charge in [0.2, 0.25) is 5.91 Å². The first-order valence-corrected chi connectivity index (χ1v) is 13.2. The number of benzene rings is 2. The van der Waals surface area contributed by atoms with Gasteiger partial charge in [-0.05, 0) is 23.8 Å². The minimum absolute atomic E-state index is 0.0252. The summed E-state index contributed by atoms with van der Waals surface area (Å²) in [7, 11) is -3.31. The first kappa shape index (κ1) is 21.3. The molecule has 4 rings (SSSR count). The molecule has 3 aromatic rings. The van der Waals surface area contributed by atoms with Gasteiger partial charge in [-0.25, -0.2) is 13.4 Å². The Bertz CT molecular complexity index is 1140. The minimum atomic E-state index is -3.31. The Morgan fingerprint density at radius 3 is 2.53 bits per heavy atom. The fraction of sp³-hybridized carbons (Fsp3) is 0.333. The monoisotopic (exact) mass is 507 g/mol. The third kappa shape index (κ3) is 5.19. The van der Waals surface area contributed by atoms with Crippen molar-refractivity contribution in [2.24, 2.45) is 0 Å². The van der Waals surface area contributed by atoms with Crippen molar-refractivity contribution in [1.82, 2.24) is 9.88 Å². The molecule has 0 bridgehead atoms. The van der Waals surface area contributed by atoms with Gasteiger partial charge in [0, 0.05) is 37.1 Å². The number of carbonyl (C=O) groups excluding carboxylic acids is 1. The molecule has 1 fully saturated rings. The third-order valence-corrected chi connectivity index (χ3v) is 8.27. The van der Waals surface area contributed by atoms with Crippen molar-refractivity contribution in [1.29, 1.82) is 0 Å². The second-order valence-electron chi connectivity index (χ2n) is 7.30. The van der Waals surface area contributed by atoms with Crippen molar-refractivity contribution in [3.8, 4) is 0 Å². The zero-order valence-electron chi connectivity index (χ0n) is 16.3. The number of hydrogen-bond donors (Lipinski definition) is 0. The van der Waals surface area contributed by atoms with Gasteiger partial charge in [-0.3, -0.25) is 4.79 Å². The highest BCUT2D eigenvalue weighted by Crippen LogP contribution is 2.31. The van der Waals surface area contributed by atoms with Crippen molar-refractivity contribution < 1.29 is 13.2 Å². The molecule has 1 aliphatic heterocycles. The van der Waals surface area contributed by atoms with Gasteiger partial charge in [0.05, 0.1) is 21.7 Å². The maximum atomic E-state index is 12.5. The quantitative estimate of drug-likeness (QED) is 0.508.